The van der Waals surface area contributed by atoms with Gasteiger partial charge in [-0.15, -0.1) is 0 Å². The minimum absolute atomic E-state index is 0.0177. The van der Waals surface area contributed by atoms with Crippen LogP contribution >= 0.6 is 27.5 Å². The third kappa shape index (κ3) is 2.06. The third-order valence-corrected chi connectivity index (χ3v) is 5.39. The molecule has 1 aromatic heterocycles. The number of aliphatic hydroxyl groups excluding tert-OH is 1. The van der Waals surface area contributed by atoms with Crippen LogP contribution in [-0.4, -0.2) is 16.7 Å². The van der Waals surface area contributed by atoms with Crippen molar-refractivity contribution >= 4 is 27.5 Å². The molecule has 3 nitrogen and oxygen atoms in total. The highest BCUT2D eigenvalue weighted by Crippen LogP contribution is 2.54. The summed E-state index contributed by atoms with van der Waals surface area (Å²) in [4.78, 5) is 4.07. The maximum atomic E-state index is 13.8. The zero-order valence-corrected chi connectivity index (χ0v) is 13.4. The molecule has 1 N–H and O–H groups in total. The van der Waals surface area contributed by atoms with E-state index >= 15 is 0 Å². The second-order valence-corrected chi connectivity index (χ2v) is 6.18. The number of halogens is 3. The van der Waals surface area contributed by atoms with E-state index in [0.717, 1.165) is 11.1 Å². The molecule has 2 atom stereocenters. The van der Waals surface area contributed by atoms with Gasteiger partial charge in [-0.3, -0.25) is 4.98 Å². The summed E-state index contributed by atoms with van der Waals surface area (Å²) in [6, 6.07) is 4.86. The van der Waals surface area contributed by atoms with E-state index < -0.39 is 11.4 Å². The van der Waals surface area contributed by atoms with Gasteiger partial charge in [-0.05, 0) is 22.0 Å². The molecular weight excluding hydrogens is 361 g/mol. The summed E-state index contributed by atoms with van der Waals surface area (Å²) in [6.45, 7) is 1.66. The maximum absolute atomic E-state index is 13.8. The molecule has 0 bridgehead atoms. The molecule has 0 saturated heterocycles. The van der Waals surface area contributed by atoms with E-state index in [9.17, 15) is 9.50 Å². The van der Waals surface area contributed by atoms with Crippen LogP contribution in [0, 0.1) is 5.82 Å². The maximum Gasteiger partial charge on any atom is 0.165 e. The van der Waals surface area contributed by atoms with Crippen LogP contribution in [0.4, 0.5) is 4.39 Å². The van der Waals surface area contributed by atoms with Gasteiger partial charge in [-0.2, -0.15) is 0 Å². The first kappa shape index (κ1) is 14.8. The van der Waals surface area contributed by atoms with Gasteiger partial charge >= 0.3 is 0 Å². The third-order valence-electron chi connectivity index (χ3n) is 3.97. The fraction of sp³-hybridized carbons (Fsp3) is 0.267. The van der Waals surface area contributed by atoms with Crippen molar-refractivity contribution in [2.75, 3.05) is 6.61 Å². The minimum atomic E-state index is -0.990. The number of ether oxygens (including phenoxy) is 1. The first-order valence-corrected chi connectivity index (χ1v) is 7.56. The van der Waals surface area contributed by atoms with Crippen molar-refractivity contribution in [3.05, 3.63) is 57.0 Å². The van der Waals surface area contributed by atoms with Crippen LogP contribution in [0.3, 0.4) is 0 Å². The topological polar surface area (TPSA) is 42.4 Å². The average molecular weight is 373 g/mol. The van der Waals surface area contributed by atoms with Crippen molar-refractivity contribution < 1.29 is 14.2 Å². The molecule has 6 heteroatoms. The van der Waals surface area contributed by atoms with Gasteiger partial charge in [0.2, 0.25) is 0 Å². The SMILES string of the molecule is C[C@@H]1c2c(cc(F)c(Cl)c2Br)O[C@@]1(CO)c1cccnc1. The second kappa shape index (κ2) is 5.23. The summed E-state index contributed by atoms with van der Waals surface area (Å²) < 4.78 is 20.2. The Morgan fingerprint density at radius 2 is 2.33 bits per heavy atom. The lowest BCUT2D eigenvalue weighted by Crippen LogP contribution is -2.38. The van der Waals surface area contributed by atoms with Gasteiger partial charge in [-0.25, -0.2) is 4.39 Å². The molecular formula is C15H12BrClFNO2. The predicted molar refractivity (Wildman–Crippen MR) is 81.2 cm³/mol. The van der Waals surface area contributed by atoms with E-state index in [2.05, 4.69) is 20.9 Å². The van der Waals surface area contributed by atoms with Gasteiger partial charge in [0, 0.05) is 40.0 Å². The van der Waals surface area contributed by atoms with Gasteiger partial charge in [0.25, 0.3) is 0 Å². The van der Waals surface area contributed by atoms with Crippen LogP contribution in [0.25, 0.3) is 0 Å². The Morgan fingerprint density at radius 1 is 1.57 bits per heavy atom. The van der Waals surface area contributed by atoms with Crippen molar-refractivity contribution in [2.24, 2.45) is 0 Å². The molecule has 21 heavy (non-hydrogen) atoms. The molecule has 1 aliphatic heterocycles. The second-order valence-electron chi connectivity index (χ2n) is 5.01. The molecule has 110 valence electrons. The van der Waals surface area contributed by atoms with Crippen molar-refractivity contribution in [2.45, 2.75) is 18.4 Å². The number of aliphatic hydroxyl groups is 1. The van der Waals surface area contributed by atoms with E-state index in [1.807, 2.05) is 13.0 Å². The average Bonchev–Trinajstić information content (AvgIpc) is 2.79. The summed E-state index contributed by atoms with van der Waals surface area (Å²) in [7, 11) is 0. The number of rotatable bonds is 2. The molecule has 0 radical (unpaired) electrons. The molecule has 1 aromatic carbocycles. The Hall–Kier alpha value is -1.17. The minimum Gasteiger partial charge on any atom is -0.479 e. The zero-order chi connectivity index (χ0) is 15.2. The smallest absolute Gasteiger partial charge is 0.165 e. The lowest BCUT2D eigenvalue weighted by Gasteiger charge is -2.31. The fourth-order valence-electron chi connectivity index (χ4n) is 2.78. The molecule has 2 heterocycles. The lowest BCUT2D eigenvalue weighted by atomic mass is 9.81. The Bertz CT molecular complexity index is 698. The van der Waals surface area contributed by atoms with E-state index in [1.54, 1.807) is 18.5 Å². The summed E-state index contributed by atoms with van der Waals surface area (Å²) in [5, 5.41) is 9.96. The standard InChI is InChI=1S/C15H12BrClFNO2/c1-8-12-11(5-10(18)14(17)13(12)16)21-15(8,7-20)9-3-2-4-19-6-9/h2-6,8,20H,7H2,1H3/t8-,15-/m1/s1. The highest BCUT2D eigenvalue weighted by atomic mass is 79.9. The molecule has 3 rings (SSSR count). The lowest BCUT2D eigenvalue weighted by molar-refractivity contribution is 0.00704. The van der Waals surface area contributed by atoms with Crippen molar-refractivity contribution in [1.82, 2.24) is 4.98 Å². The van der Waals surface area contributed by atoms with Gasteiger partial charge in [0.05, 0.1) is 11.6 Å². The van der Waals surface area contributed by atoms with Crippen LogP contribution in [0.15, 0.2) is 35.1 Å². The van der Waals surface area contributed by atoms with E-state index in [0.29, 0.717) is 10.2 Å². The highest BCUT2D eigenvalue weighted by Gasteiger charge is 2.49. The normalized spacial score (nSPS) is 23.8. The van der Waals surface area contributed by atoms with Crippen LogP contribution in [0.1, 0.15) is 24.0 Å². The summed E-state index contributed by atoms with van der Waals surface area (Å²) in [6.07, 6.45) is 3.29. The zero-order valence-electron chi connectivity index (χ0n) is 11.1. The van der Waals surface area contributed by atoms with E-state index in [-0.39, 0.29) is 17.5 Å². The van der Waals surface area contributed by atoms with Crippen LogP contribution in [-0.2, 0) is 5.60 Å². The summed E-state index contributed by atoms with van der Waals surface area (Å²) >= 11 is 9.28. The van der Waals surface area contributed by atoms with Crippen molar-refractivity contribution in [3.63, 3.8) is 0 Å². The molecule has 0 amide bonds. The Balaban J connectivity index is 2.19. The van der Waals surface area contributed by atoms with Crippen molar-refractivity contribution in [1.29, 1.82) is 0 Å². The quantitative estimate of drug-likeness (QED) is 0.810. The number of benzene rings is 1. The molecule has 0 saturated carbocycles. The number of pyridine rings is 1. The summed E-state index contributed by atoms with van der Waals surface area (Å²) in [5.41, 5.74) is 0.495. The van der Waals surface area contributed by atoms with Crippen molar-refractivity contribution in [3.8, 4) is 5.75 Å². The van der Waals surface area contributed by atoms with Gasteiger partial charge in [-0.1, -0.05) is 24.6 Å². The van der Waals surface area contributed by atoms with E-state index in [4.69, 9.17) is 16.3 Å². The van der Waals surface area contributed by atoms with Gasteiger partial charge in [0.1, 0.15) is 11.6 Å². The molecule has 2 aromatic rings. The molecule has 0 unspecified atom stereocenters. The number of nitrogens with zero attached hydrogens (tertiary/aromatic N) is 1. The highest BCUT2D eigenvalue weighted by molar-refractivity contribution is 9.10. The monoisotopic (exact) mass is 371 g/mol. The predicted octanol–water partition coefficient (Wildman–Crippen LogP) is 4.02. The number of hydrogen-bond acceptors (Lipinski definition) is 3. The molecule has 0 spiro atoms. The number of hydrogen-bond donors (Lipinski definition) is 1. The molecule has 1 aliphatic rings. The Morgan fingerprint density at radius 3 is 2.95 bits per heavy atom. The number of fused-ring (bicyclic) bond motifs is 1. The van der Waals surface area contributed by atoms with Gasteiger partial charge < -0.3 is 9.84 Å². The summed E-state index contributed by atoms with van der Waals surface area (Å²) in [5.74, 6) is -0.391. The first-order valence-electron chi connectivity index (χ1n) is 6.39. The van der Waals surface area contributed by atoms with Gasteiger partial charge in [0.15, 0.2) is 5.60 Å². The molecule has 0 aliphatic carbocycles. The van der Waals surface area contributed by atoms with Crippen LogP contribution in [0.5, 0.6) is 5.75 Å². The Labute approximate surface area is 134 Å². The largest absolute Gasteiger partial charge is 0.479 e. The fourth-order valence-corrected chi connectivity index (χ4v) is 3.66. The number of aromatic nitrogens is 1. The van der Waals surface area contributed by atoms with Crippen LogP contribution < -0.4 is 4.74 Å². The van der Waals surface area contributed by atoms with Crippen LogP contribution in [0.2, 0.25) is 5.02 Å². The Kier molecular flexibility index (Phi) is 3.67. The first-order chi connectivity index (χ1) is 10.0. The molecule has 0 fully saturated rings. The van der Waals surface area contributed by atoms with E-state index in [1.165, 1.54) is 6.07 Å².